The highest BCUT2D eigenvalue weighted by molar-refractivity contribution is 5.84. The van der Waals surface area contributed by atoms with Crippen LogP contribution in [0.3, 0.4) is 0 Å². The highest BCUT2D eigenvalue weighted by Gasteiger charge is 2.13. The van der Waals surface area contributed by atoms with Crippen molar-refractivity contribution >= 4 is 10.8 Å². The zero-order valence-corrected chi connectivity index (χ0v) is 18.5. The molecule has 1 nitrogen and oxygen atoms in total. The SMILES string of the molecule is CCCOc1ccc(C#Cc2ccc(C#Cc3ccc4c(F)c(F)c(F)cc4c3)c(F)c2)c(F)c1. The molecule has 0 unspecified atom stereocenters. The molecule has 4 aromatic rings. The van der Waals surface area contributed by atoms with Gasteiger partial charge in [-0.15, -0.1) is 0 Å². The summed E-state index contributed by atoms with van der Waals surface area (Å²) in [4.78, 5) is 0. The Morgan fingerprint density at radius 3 is 1.91 bits per heavy atom. The molecule has 0 saturated carbocycles. The van der Waals surface area contributed by atoms with Gasteiger partial charge in [-0.2, -0.15) is 0 Å². The zero-order chi connectivity index (χ0) is 24.9. The fourth-order valence-corrected chi connectivity index (χ4v) is 3.26. The Hall–Kier alpha value is -4.29. The Morgan fingerprint density at radius 1 is 0.629 bits per heavy atom. The normalized spacial score (nSPS) is 10.3. The van der Waals surface area contributed by atoms with Gasteiger partial charge in [0.15, 0.2) is 17.5 Å². The molecule has 6 heteroatoms. The molecule has 4 aromatic carbocycles. The van der Waals surface area contributed by atoms with E-state index in [1.807, 2.05) is 6.92 Å². The highest BCUT2D eigenvalue weighted by Crippen LogP contribution is 2.24. The largest absolute Gasteiger partial charge is 0.494 e. The van der Waals surface area contributed by atoms with Crippen LogP contribution in [0, 0.1) is 52.8 Å². The topological polar surface area (TPSA) is 9.23 Å². The molecule has 0 aromatic heterocycles. The Bertz CT molecular complexity index is 1550. The van der Waals surface area contributed by atoms with Gasteiger partial charge in [-0.05, 0) is 60.3 Å². The Kier molecular flexibility index (Phi) is 7.03. The number of halogens is 5. The first-order valence-electron chi connectivity index (χ1n) is 10.7. The number of hydrogen-bond donors (Lipinski definition) is 0. The lowest BCUT2D eigenvalue weighted by Gasteiger charge is -2.04. The molecule has 0 aliphatic rings. The minimum Gasteiger partial charge on any atom is -0.494 e. The maximum Gasteiger partial charge on any atom is 0.195 e. The molecule has 0 saturated heterocycles. The highest BCUT2D eigenvalue weighted by atomic mass is 19.2. The fourth-order valence-electron chi connectivity index (χ4n) is 3.26. The van der Waals surface area contributed by atoms with Gasteiger partial charge in [0.1, 0.15) is 17.4 Å². The van der Waals surface area contributed by atoms with Gasteiger partial charge in [0.25, 0.3) is 0 Å². The Labute approximate surface area is 199 Å². The van der Waals surface area contributed by atoms with E-state index in [4.69, 9.17) is 4.74 Å². The van der Waals surface area contributed by atoms with Gasteiger partial charge >= 0.3 is 0 Å². The van der Waals surface area contributed by atoms with Crippen molar-refractivity contribution in [1.29, 1.82) is 0 Å². The monoisotopic (exact) mass is 476 g/mol. The van der Waals surface area contributed by atoms with E-state index in [9.17, 15) is 22.0 Å². The Balaban J connectivity index is 1.54. The molecule has 0 heterocycles. The predicted octanol–water partition coefficient (Wildman–Crippen LogP) is 7.12. The summed E-state index contributed by atoms with van der Waals surface area (Å²) in [5.41, 5.74) is 0.934. The third-order valence-electron chi connectivity index (χ3n) is 5.04. The molecule has 4 rings (SSSR count). The smallest absolute Gasteiger partial charge is 0.195 e. The molecule has 0 aliphatic heterocycles. The van der Waals surface area contributed by atoms with Gasteiger partial charge in [0.2, 0.25) is 0 Å². The lowest BCUT2D eigenvalue weighted by molar-refractivity contribution is 0.315. The summed E-state index contributed by atoms with van der Waals surface area (Å²) in [5, 5.41) is 0.0552. The van der Waals surface area contributed by atoms with E-state index in [0.29, 0.717) is 23.5 Å². The average Bonchev–Trinajstić information content (AvgIpc) is 2.85. The fraction of sp³-hybridized carbons (Fsp3) is 0.103. The van der Waals surface area contributed by atoms with E-state index >= 15 is 0 Å². The van der Waals surface area contributed by atoms with Crippen molar-refractivity contribution in [1.82, 2.24) is 0 Å². The molecule has 0 aliphatic carbocycles. The van der Waals surface area contributed by atoms with Crippen LogP contribution in [-0.2, 0) is 0 Å². The van der Waals surface area contributed by atoms with Gasteiger partial charge in [0, 0.05) is 22.6 Å². The van der Waals surface area contributed by atoms with Gasteiger partial charge in [-0.1, -0.05) is 36.7 Å². The minimum atomic E-state index is -1.54. The van der Waals surface area contributed by atoms with Gasteiger partial charge in [-0.3, -0.25) is 0 Å². The van der Waals surface area contributed by atoms with Crippen molar-refractivity contribution in [3.63, 3.8) is 0 Å². The quantitative estimate of drug-likeness (QED) is 0.174. The van der Waals surface area contributed by atoms with E-state index in [1.165, 1.54) is 42.5 Å². The van der Waals surface area contributed by atoms with E-state index < -0.39 is 29.1 Å². The lowest BCUT2D eigenvalue weighted by Crippen LogP contribution is -1.96. The van der Waals surface area contributed by atoms with Crippen LogP contribution in [0.25, 0.3) is 10.8 Å². The summed E-state index contributed by atoms with van der Waals surface area (Å²) in [5.74, 6) is 5.91. The lowest BCUT2D eigenvalue weighted by atomic mass is 10.1. The van der Waals surface area contributed by atoms with Crippen molar-refractivity contribution in [2.45, 2.75) is 13.3 Å². The summed E-state index contributed by atoms with van der Waals surface area (Å²) >= 11 is 0. The number of benzene rings is 4. The van der Waals surface area contributed by atoms with Gasteiger partial charge in [-0.25, -0.2) is 22.0 Å². The van der Waals surface area contributed by atoms with Crippen LogP contribution in [0.1, 0.15) is 35.6 Å². The molecule has 0 bridgehead atoms. The molecule has 174 valence electrons. The van der Waals surface area contributed by atoms with E-state index in [2.05, 4.69) is 23.7 Å². The van der Waals surface area contributed by atoms with Gasteiger partial charge < -0.3 is 4.74 Å². The van der Waals surface area contributed by atoms with E-state index in [1.54, 1.807) is 12.1 Å². The summed E-state index contributed by atoms with van der Waals surface area (Å²) < 4.78 is 74.9. The van der Waals surface area contributed by atoms with Crippen molar-refractivity contribution in [2.75, 3.05) is 6.61 Å². The molecule has 0 N–H and O–H groups in total. The average molecular weight is 476 g/mol. The third-order valence-corrected chi connectivity index (χ3v) is 5.04. The summed E-state index contributed by atoms with van der Waals surface area (Å²) in [6, 6.07) is 13.5. The van der Waals surface area contributed by atoms with Crippen LogP contribution in [0.5, 0.6) is 5.75 Å². The molecule has 0 atom stereocenters. The van der Waals surface area contributed by atoms with E-state index in [0.717, 1.165) is 12.5 Å². The molecular weight excluding hydrogens is 459 g/mol. The van der Waals surface area contributed by atoms with Crippen LogP contribution in [0.15, 0.2) is 60.7 Å². The van der Waals surface area contributed by atoms with Crippen molar-refractivity contribution in [3.05, 3.63) is 112 Å². The minimum absolute atomic E-state index is 0.0794. The summed E-state index contributed by atoms with van der Waals surface area (Å²) in [6.45, 7) is 2.43. The van der Waals surface area contributed by atoms with Crippen molar-refractivity contribution in [3.8, 4) is 29.4 Å². The molecule has 0 amide bonds. The number of ether oxygens (including phenoxy) is 1. The second-order valence-corrected chi connectivity index (χ2v) is 7.61. The molecular formula is C29H17F5O. The number of hydrogen-bond acceptors (Lipinski definition) is 1. The summed E-state index contributed by atoms with van der Waals surface area (Å²) in [6.07, 6.45) is 0.804. The van der Waals surface area contributed by atoms with Gasteiger partial charge in [0.05, 0.1) is 17.7 Å². The maximum absolute atomic E-state index is 14.5. The van der Waals surface area contributed by atoms with Crippen LogP contribution in [0.4, 0.5) is 22.0 Å². The molecule has 35 heavy (non-hydrogen) atoms. The first-order chi connectivity index (χ1) is 16.9. The summed E-state index contributed by atoms with van der Waals surface area (Å²) in [7, 11) is 0. The molecule has 0 radical (unpaired) electrons. The van der Waals surface area contributed by atoms with Crippen LogP contribution >= 0.6 is 0 Å². The second kappa shape index (κ2) is 10.3. The van der Waals surface area contributed by atoms with Crippen LogP contribution < -0.4 is 4.74 Å². The maximum atomic E-state index is 14.5. The molecule has 0 spiro atoms. The zero-order valence-electron chi connectivity index (χ0n) is 18.5. The second-order valence-electron chi connectivity index (χ2n) is 7.61. The Morgan fingerprint density at radius 2 is 1.26 bits per heavy atom. The van der Waals surface area contributed by atoms with Crippen molar-refractivity contribution < 1.29 is 26.7 Å². The van der Waals surface area contributed by atoms with E-state index in [-0.39, 0.29) is 21.9 Å². The third kappa shape index (κ3) is 5.45. The van der Waals surface area contributed by atoms with Crippen LogP contribution in [-0.4, -0.2) is 6.61 Å². The van der Waals surface area contributed by atoms with Crippen molar-refractivity contribution in [2.24, 2.45) is 0 Å². The number of fused-ring (bicyclic) bond motifs is 1. The molecule has 0 fully saturated rings. The number of rotatable bonds is 3. The standard InChI is InChI=1S/C29H17F5O/c1-2-13-35-23-11-10-21(26(31)17-23)9-5-19-4-8-20(25(30)15-19)7-3-18-6-12-24-22(14-18)16-27(32)29(34)28(24)33/h4,6,8,10-12,14-17H,2,13H2,1H3. The predicted molar refractivity (Wildman–Crippen MR) is 124 cm³/mol. The first-order valence-corrected chi connectivity index (χ1v) is 10.7. The first kappa shape index (κ1) is 23.9. The van der Waals surface area contributed by atoms with Crippen LogP contribution in [0.2, 0.25) is 0 Å².